The van der Waals surface area contributed by atoms with E-state index in [0.717, 1.165) is 89.6 Å². The van der Waals surface area contributed by atoms with Crippen LogP contribution in [0.5, 0.6) is 0 Å². The Labute approximate surface area is 290 Å². The van der Waals surface area contributed by atoms with E-state index in [1.807, 2.05) is 0 Å². The predicted octanol–water partition coefficient (Wildman–Crippen LogP) is 11.2. The molecule has 0 aliphatic heterocycles. The maximum atomic E-state index is 12.9. The third kappa shape index (κ3) is 6.10. The number of carbonyl (C=O) groups excluding carboxylic acids is 1. The molecule has 0 spiro atoms. The number of hydrogen-bond acceptors (Lipinski definition) is 2. The molecule has 2 aromatic rings. The van der Waals surface area contributed by atoms with Gasteiger partial charge in [-0.15, -0.1) is 0 Å². The topological polar surface area (TPSA) is 57.8 Å². The van der Waals surface area contributed by atoms with Crippen LogP contribution in [0.1, 0.15) is 150 Å². The van der Waals surface area contributed by atoms with Crippen molar-refractivity contribution in [2.24, 2.45) is 57.7 Å². The summed E-state index contributed by atoms with van der Waals surface area (Å²) in [6.45, 7) is 13.1. The predicted molar refractivity (Wildman–Crippen MR) is 193 cm³/mol. The maximum Gasteiger partial charge on any atom is 0.207 e. The number of benzene rings is 1. The summed E-state index contributed by atoms with van der Waals surface area (Å²) in [7, 11) is 0. The highest BCUT2D eigenvalue weighted by Gasteiger charge is 2.63. The number of aromatic amines is 1. The van der Waals surface area contributed by atoms with Gasteiger partial charge in [0.05, 0.1) is 17.4 Å². The molecule has 0 saturated heterocycles. The van der Waals surface area contributed by atoms with Gasteiger partial charge in [-0.2, -0.15) is 0 Å². The van der Waals surface area contributed by atoms with Gasteiger partial charge in [0, 0.05) is 0 Å². The molecular formula is C43H64FN3O. The van der Waals surface area contributed by atoms with Crippen molar-refractivity contribution in [3.05, 3.63) is 42.1 Å². The number of carbonyl (C=O) groups is 1. The highest BCUT2D eigenvalue weighted by atomic mass is 19.1. The molecule has 9 rings (SSSR count). The van der Waals surface area contributed by atoms with Gasteiger partial charge < -0.3 is 10.3 Å². The fourth-order valence-electron chi connectivity index (χ4n) is 12.8. The maximum absolute atomic E-state index is 12.9. The number of halogens is 1. The molecule has 2 N–H and O–H groups in total. The zero-order valence-electron chi connectivity index (χ0n) is 30.8. The Balaban J connectivity index is 0.000000140. The van der Waals surface area contributed by atoms with Crippen LogP contribution >= 0.6 is 0 Å². The van der Waals surface area contributed by atoms with Crippen molar-refractivity contribution in [3.63, 3.8) is 0 Å². The molecule has 7 aliphatic carbocycles. The average molecular weight is 658 g/mol. The molecular weight excluding hydrogens is 593 g/mol. The lowest BCUT2D eigenvalue weighted by atomic mass is 9.38. The molecule has 4 nitrogen and oxygen atoms in total. The van der Waals surface area contributed by atoms with Crippen LogP contribution in [0.4, 0.5) is 4.39 Å². The van der Waals surface area contributed by atoms with E-state index in [1.165, 1.54) is 44.2 Å². The summed E-state index contributed by atoms with van der Waals surface area (Å²) in [6.07, 6.45) is 26.9. The average Bonchev–Trinajstić information content (AvgIpc) is 3.49. The number of rotatable bonds is 4. The molecule has 5 heteroatoms. The van der Waals surface area contributed by atoms with E-state index in [0.29, 0.717) is 10.8 Å². The molecule has 7 fully saturated rings. The van der Waals surface area contributed by atoms with Gasteiger partial charge >= 0.3 is 0 Å². The lowest BCUT2D eigenvalue weighted by Crippen LogP contribution is -2.59. The van der Waals surface area contributed by atoms with Crippen molar-refractivity contribution >= 4 is 6.41 Å². The third-order valence-corrected chi connectivity index (χ3v) is 15.9. The van der Waals surface area contributed by atoms with Gasteiger partial charge in [-0.3, -0.25) is 4.79 Å². The minimum absolute atomic E-state index is 0.262. The Kier molecular flexibility index (Phi) is 9.42. The lowest BCUT2D eigenvalue weighted by molar-refractivity contribution is -0.181. The summed E-state index contributed by atoms with van der Waals surface area (Å²) < 4.78 is 12.9. The Morgan fingerprint density at radius 1 is 0.771 bits per heavy atom. The first kappa shape index (κ1) is 34.3. The molecule has 264 valence electrons. The second kappa shape index (κ2) is 13.2. The van der Waals surface area contributed by atoms with E-state index in [9.17, 15) is 9.18 Å². The Bertz CT molecular complexity index is 1410. The second-order valence-electron chi connectivity index (χ2n) is 18.7. The molecule has 7 saturated carbocycles. The molecule has 7 aliphatic rings. The van der Waals surface area contributed by atoms with Crippen LogP contribution in [-0.4, -0.2) is 16.4 Å². The van der Waals surface area contributed by atoms with Gasteiger partial charge in [0.1, 0.15) is 11.6 Å². The SMILES string of the molecule is CC1CC1.CC1CCCC2(C)C1CCC1(C)C3CCC4(C)CCCC4C3CCC21.O=CNC1(c2ncc(-c3ccc(F)cc3)[nH]2)CCC1. The standard InChI is InChI=1S/C25H42.C14H14FN3O.C4H8/c1-17-7-5-14-24(3)19(17)12-16-25(4)21-11-15-23(2)13-6-8-20(23)18(21)9-10-22(24)25;15-11-4-2-10(3-5-11)12-8-16-13(18-12)14(17-9-19)6-1-7-14;1-4-2-3-4/h17-22H,5-16H2,1-4H3;2-5,8-9H,1,6-7H2,(H,16,18)(H,17,19);4H,2-3H2,1H3. The highest BCUT2D eigenvalue weighted by Crippen LogP contribution is 2.71. The number of nitrogens with zero attached hydrogens (tertiary/aromatic N) is 1. The van der Waals surface area contributed by atoms with Gasteiger partial charge in [0.2, 0.25) is 6.41 Å². The van der Waals surface area contributed by atoms with Crippen molar-refractivity contribution in [1.29, 1.82) is 0 Å². The molecule has 0 radical (unpaired) electrons. The molecule has 0 bridgehead atoms. The molecule has 1 heterocycles. The molecule has 1 aromatic carbocycles. The number of imidazole rings is 1. The molecule has 9 unspecified atom stereocenters. The smallest absolute Gasteiger partial charge is 0.207 e. The lowest BCUT2D eigenvalue weighted by Gasteiger charge is -2.67. The van der Waals surface area contributed by atoms with Crippen LogP contribution in [0.3, 0.4) is 0 Å². The highest BCUT2D eigenvalue weighted by molar-refractivity contribution is 5.59. The van der Waals surface area contributed by atoms with Crippen molar-refractivity contribution in [2.45, 2.75) is 149 Å². The van der Waals surface area contributed by atoms with E-state index >= 15 is 0 Å². The van der Waals surface area contributed by atoms with E-state index < -0.39 is 0 Å². The minimum atomic E-state index is -0.347. The quantitative estimate of drug-likeness (QED) is 0.322. The minimum Gasteiger partial charge on any atom is -0.346 e. The van der Waals surface area contributed by atoms with Crippen LogP contribution in [0, 0.1) is 63.5 Å². The monoisotopic (exact) mass is 658 g/mol. The summed E-state index contributed by atoms with van der Waals surface area (Å²) >= 11 is 0. The van der Waals surface area contributed by atoms with Crippen molar-refractivity contribution in [1.82, 2.24) is 15.3 Å². The summed E-state index contributed by atoms with van der Waals surface area (Å²) in [5.74, 6) is 7.89. The van der Waals surface area contributed by atoms with Crippen LogP contribution in [-0.2, 0) is 10.3 Å². The summed E-state index contributed by atoms with van der Waals surface area (Å²) in [4.78, 5) is 18.3. The molecule has 1 aromatic heterocycles. The molecule has 9 atom stereocenters. The number of hydrogen-bond donors (Lipinski definition) is 2. The fraction of sp³-hybridized carbons (Fsp3) is 0.767. The van der Waals surface area contributed by atoms with Gasteiger partial charge in [0.25, 0.3) is 0 Å². The molecule has 1 amide bonds. The van der Waals surface area contributed by atoms with Gasteiger partial charge in [-0.25, -0.2) is 9.37 Å². The Hall–Kier alpha value is -2.17. The fourth-order valence-corrected chi connectivity index (χ4v) is 12.8. The van der Waals surface area contributed by atoms with Gasteiger partial charge in [-0.05, 0) is 165 Å². The number of amides is 1. The Morgan fingerprint density at radius 3 is 2.12 bits per heavy atom. The summed E-state index contributed by atoms with van der Waals surface area (Å²) in [5, 5.41) is 2.85. The van der Waals surface area contributed by atoms with E-state index in [4.69, 9.17) is 0 Å². The Morgan fingerprint density at radius 2 is 1.46 bits per heavy atom. The largest absolute Gasteiger partial charge is 0.346 e. The zero-order chi connectivity index (χ0) is 33.7. The van der Waals surface area contributed by atoms with Crippen molar-refractivity contribution in [2.75, 3.05) is 0 Å². The third-order valence-electron chi connectivity index (χ3n) is 15.9. The number of H-pyrrole nitrogens is 1. The van der Waals surface area contributed by atoms with Gasteiger partial charge in [-0.1, -0.05) is 66.7 Å². The van der Waals surface area contributed by atoms with E-state index in [1.54, 1.807) is 76.1 Å². The van der Waals surface area contributed by atoms with E-state index in [-0.39, 0.29) is 11.4 Å². The van der Waals surface area contributed by atoms with Crippen molar-refractivity contribution < 1.29 is 9.18 Å². The van der Waals surface area contributed by atoms with Crippen LogP contribution in [0.2, 0.25) is 0 Å². The second-order valence-corrected chi connectivity index (χ2v) is 18.7. The first-order valence-electron chi connectivity index (χ1n) is 20.0. The first-order valence-corrected chi connectivity index (χ1v) is 20.0. The number of aromatic nitrogens is 2. The van der Waals surface area contributed by atoms with E-state index in [2.05, 4.69) is 49.9 Å². The van der Waals surface area contributed by atoms with Crippen LogP contribution in [0.25, 0.3) is 11.3 Å². The first-order chi connectivity index (χ1) is 23.0. The summed E-state index contributed by atoms with van der Waals surface area (Å²) in [6, 6.07) is 6.23. The molecule has 48 heavy (non-hydrogen) atoms. The number of fused-ring (bicyclic) bond motifs is 7. The summed E-state index contributed by atoms with van der Waals surface area (Å²) in [5.41, 5.74) is 3.43. The normalized spacial score (nSPS) is 40.5. The van der Waals surface area contributed by atoms with Crippen LogP contribution in [0.15, 0.2) is 30.5 Å². The van der Waals surface area contributed by atoms with Crippen LogP contribution < -0.4 is 5.32 Å². The van der Waals surface area contributed by atoms with Crippen molar-refractivity contribution in [3.8, 4) is 11.3 Å². The zero-order valence-corrected chi connectivity index (χ0v) is 30.8. The number of nitrogens with one attached hydrogen (secondary N) is 2. The van der Waals surface area contributed by atoms with Gasteiger partial charge in [0.15, 0.2) is 0 Å².